The van der Waals surface area contributed by atoms with Crippen LogP contribution in [0.5, 0.6) is 0 Å². The normalized spacial score (nSPS) is 12.6. The maximum absolute atomic E-state index is 6.36. The second kappa shape index (κ2) is 32.0. The summed E-state index contributed by atoms with van der Waals surface area (Å²) in [6.45, 7) is 4.70. The number of fused-ring (bicyclic) bond motifs is 15. The first-order valence-corrected chi connectivity index (χ1v) is 52.0. The van der Waals surface area contributed by atoms with Crippen molar-refractivity contribution < 1.29 is 13.3 Å². The average molecular weight is 1890 g/mol. The van der Waals surface area contributed by atoms with Gasteiger partial charge in [-0.15, -0.1) is 22.7 Å². The lowest BCUT2D eigenvalue weighted by Gasteiger charge is -2.22. The Morgan fingerprint density at radius 3 is 0.884 bits per heavy atom. The summed E-state index contributed by atoms with van der Waals surface area (Å²) in [6.07, 6.45) is 0. The Kier molecular flexibility index (Phi) is 18.1. The Morgan fingerprint density at radius 2 is 0.445 bits per heavy atom. The molecule has 0 radical (unpaired) electrons. The minimum Gasteiger partial charge on any atom is -0.456 e. The molecular formula is C141H84O3S2. The van der Waals surface area contributed by atoms with Gasteiger partial charge >= 0.3 is 0 Å². The van der Waals surface area contributed by atoms with Crippen molar-refractivity contribution in [3.05, 3.63) is 484 Å². The minimum absolute atomic E-state index is 0.0214. The highest BCUT2D eigenvalue weighted by atomic mass is 32.1. The largest absolute Gasteiger partial charge is 0.456 e. The maximum atomic E-state index is 6.36. The molecule has 0 bridgehead atoms. The standard InChI is InChI=1S/C49H32O.2C46H26OS/c1-49(2)41-18-8-7-12-33(41)34-26-25-31(28-42(34)49)29-21-23-30(24-22-29)45-35-13-3-5-15-37(35)47(38-16-6-4-14-36(38)45)40-27-32-11-9-19-43-46(32)48-39(40)17-10-20-44(48)50-43;1-3-17-34-32(15-1)42(28-12-7-11-27(25-28)30-19-9-21-37-31-14-5-6-24-41(31)48-46(30)37)33-16-2-4-18-35(33)44(34)38-26-29-13-8-22-39-43(29)45-36(38)20-10-23-40(45)47-39;1-2-15-30(28(13-1)36-21-10-22-37-29-14-7-8-25-41(29)48-46(36)37)43-31-16-3-5-18-33(31)44(34-19-6-4-17-32(34)43)38-26-27-12-9-23-39-42(27)45-35(38)20-11-24-40(45)47-39/h3-28H,1-2H3;2*1-26H. The lowest BCUT2D eigenvalue weighted by atomic mass is 9.81. The Morgan fingerprint density at radius 1 is 0.158 bits per heavy atom. The molecule has 5 aromatic heterocycles. The lowest BCUT2D eigenvalue weighted by molar-refractivity contribution is 0.660. The van der Waals surface area contributed by atoms with E-state index in [4.69, 9.17) is 13.3 Å². The van der Waals surface area contributed by atoms with E-state index in [9.17, 15) is 0 Å². The van der Waals surface area contributed by atoms with Crippen molar-refractivity contribution in [2.75, 3.05) is 0 Å². The zero-order valence-electron chi connectivity index (χ0n) is 79.6. The van der Waals surface area contributed by atoms with Crippen molar-refractivity contribution in [2.45, 2.75) is 19.3 Å². The molecule has 0 fully saturated rings. The quantitative estimate of drug-likeness (QED) is 0.107. The fraction of sp³-hybridized carbons (Fsp3) is 0.0213. The third-order valence-electron chi connectivity index (χ3n) is 31.9. The van der Waals surface area contributed by atoms with Crippen LogP contribution in [0.4, 0.5) is 0 Å². The van der Waals surface area contributed by atoms with Crippen LogP contribution in [-0.2, 0) is 5.41 Å². The van der Waals surface area contributed by atoms with Crippen molar-refractivity contribution in [1.82, 2.24) is 0 Å². The van der Waals surface area contributed by atoms with E-state index in [2.05, 4.69) is 487 Å². The van der Waals surface area contributed by atoms with Crippen molar-refractivity contribution in [3.8, 4) is 111 Å². The van der Waals surface area contributed by atoms with Crippen LogP contribution in [0.2, 0.25) is 0 Å². The molecule has 5 heteroatoms. The van der Waals surface area contributed by atoms with E-state index in [1.165, 1.54) is 292 Å². The summed E-state index contributed by atoms with van der Waals surface area (Å²) >= 11 is 3.78. The first kappa shape index (κ1) is 82.6. The summed E-state index contributed by atoms with van der Waals surface area (Å²) in [5.41, 5.74) is 33.8. The summed E-state index contributed by atoms with van der Waals surface area (Å²) in [5, 5.41) is 34.9. The molecule has 0 N–H and O–H groups in total. The third kappa shape index (κ3) is 12.2. The molecule has 0 saturated carbocycles. The van der Waals surface area contributed by atoms with Crippen molar-refractivity contribution in [3.63, 3.8) is 0 Å². The summed E-state index contributed by atoms with van der Waals surface area (Å²) in [6, 6.07) is 174. The molecule has 5 heterocycles. The summed E-state index contributed by atoms with van der Waals surface area (Å²) in [5.74, 6) is 0. The van der Waals surface area contributed by atoms with E-state index in [-0.39, 0.29) is 5.41 Å². The fourth-order valence-electron chi connectivity index (χ4n) is 25.6. The highest BCUT2D eigenvalue weighted by molar-refractivity contribution is 7.26. The Balaban J connectivity index is 0.0000000995. The molecule has 0 atom stereocenters. The predicted molar refractivity (Wildman–Crippen MR) is 625 cm³/mol. The van der Waals surface area contributed by atoms with E-state index in [0.29, 0.717) is 0 Å². The average Bonchev–Trinajstić information content (AvgIpc) is 1.07. The molecule has 3 nitrogen and oxygen atoms in total. The van der Waals surface area contributed by atoms with Crippen LogP contribution in [0.25, 0.3) is 314 Å². The number of hydrogen-bond acceptors (Lipinski definition) is 5. The topological polar surface area (TPSA) is 39.4 Å². The van der Waals surface area contributed by atoms with Crippen molar-refractivity contribution in [2.24, 2.45) is 0 Å². The Bertz CT molecular complexity index is 10900. The molecule has 32 aromatic rings. The van der Waals surface area contributed by atoms with Gasteiger partial charge in [0.15, 0.2) is 0 Å². The van der Waals surface area contributed by atoms with E-state index in [1.807, 2.05) is 22.7 Å². The van der Waals surface area contributed by atoms with Gasteiger partial charge in [-0.3, -0.25) is 0 Å². The molecule has 33 rings (SSSR count). The highest BCUT2D eigenvalue weighted by Crippen LogP contribution is 2.58. The Hall–Kier alpha value is -18.1. The van der Waals surface area contributed by atoms with Gasteiger partial charge < -0.3 is 13.3 Å². The molecular weight excluding hydrogens is 1810 g/mol. The first-order chi connectivity index (χ1) is 72.2. The van der Waals surface area contributed by atoms with Crippen molar-refractivity contribution in [1.29, 1.82) is 0 Å². The van der Waals surface area contributed by atoms with Crippen LogP contribution in [-0.4, -0.2) is 0 Å². The molecule has 146 heavy (non-hydrogen) atoms. The van der Waals surface area contributed by atoms with Crippen LogP contribution < -0.4 is 0 Å². The molecule has 0 spiro atoms. The maximum Gasteiger partial charge on any atom is 0.136 e. The third-order valence-corrected chi connectivity index (χ3v) is 34.3. The second-order valence-electron chi connectivity index (χ2n) is 39.9. The number of hydrogen-bond donors (Lipinski definition) is 0. The molecule has 0 unspecified atom stereocenters. The monoisotopic (exact) mass is 1890 g/mol. The fourth-order valence-corrected chi connectivity index (χ4v) is 28.1. The van der Waals surface area contributed by atoms with E-state index >= 15 is 0 Å². The van der Waals surface area contributed by atoms with E-state index in [1.54, 1.807) is 0 Å². The minimum atomic E-state index is -0.0214. The van der Waals surface area contributed by atoms with E-state index in [0.717, 1.165) is 33.5 Å². The van der Waals surface area contributed by atoms with Crippen molar-refractivity contribution >= 4 is 226 Å². The van der Waals surface area contributed by atoms with Gasteiger partial charge in [-0.25, -0.2) is 0 Å². The van der Waals surface area contributed by atoms with Gasteiger partial charge in [0.2, 0.25) is 0 Å². The molecule has 1 aliphatic rings. The van der Waals surface area contributed by atoms with Crippen LogP contribution >= 0.6 is 22.7 Å². The SMILES string of the molecule is CC1(C)c2ccccc2-c2ccc(-c3ccc(-c4c5ccccc5c(-c5cc6cccc7oc8cccc5c8c67)c5ccccc45)cc3)cc21.c1cc(-c2c3ccccc3c(-c3cc4cccc5oc6cccc3c6c45)c3ccccc23)cc(-c2cccc3c2sc2ccccc23)c1.c1ccc(-c2cccc3c2sc2ccccc23)c(-c2c3ccccc3c(-c3cc4cccc5oc6cccc3c6c45)c3ccccc23)c1. The Labute approximate surface area is 847 Å². The number of benzene rings is 27. The first-order valence-electron chi connectivity index (χ1n) is 50.4. The van der Waals surface area contributed by atoms with Crippen LogP contribution in [0.15, 0.2) is 486 Å². The second-order valence-corrected chi connectivity index (χ2v) is 42.0. The number of thiophene rings is 2. The van der Waals surface area contributed by atoms with Crippen LogP contribution in [0.1, 0.15) is 25.0 Å². The predicted octanol–water partition coefficient (Wildman–Crippen LogP) is 41.5. The summed E-state index contributed by atoms with van der Waals surface area (Å²) in [4.78, 5) is 0. The van der Waals surface area contributed by atoms with Gasteiger partial charge in [0.05, 0.1) is 0 Å². The van der Waals surface area contributed by atoms with Gasteiger partial charge in [0, 0.05) is 83.6 Å². The number of furan rings is 3. The molecule has 0 aliphatic heterocycles. The smallest absolute Gasteiger partial charge is 0.136 e. The van der Waals surface area contributed by atoms with Gasteiger partial charge in [-0.05, 0) is 293 Å². The lowest BCUT2D eigenvalue weighted by Crippen LogP contribution is -2.14. The van der Waals surface area contributed by atoms with Gasteiger partial charge in [0.25, 0.3) is 0 Å². The van der Waals surface area contributed by atoms with Gasteiger partial charge in [0.1, 0.15) is 33.5 Å². The van der Waals surface area contributed by atoms with Crippen LogP contribution in [0, 0.1) is 0 Å². The molecule has 0 amide bonds. The molecule has 1 aliphatic carbocycles. The molecule has 27 aromatic carbocycles. The van der Waals surface area contributed by atoms with Gasteiger partial charge in [-0.2, -0.15) is 0 Å². The van der Waals surface area contributed by atoms with E-state index < -0.39 is 0 Å². The molecule has 678 valence electrons. The van der Waals surface area contributed by atoms with Crippen LogP contribution in [0.3, 0.4) is 0 Å². The summed E-state index contributed by atoms with van der Waals surface area (Å²) < 4.78 is 24.4. The zero-order chi connectivity index (χ0) is 95.8. The number of rotatable bonds is 9. The molecule has 0 saturated heterocycles. The summed E-state index contributed by atoms with van der Waals surface area (Å²) in [7, 11) is 0. The van der Waals surface area contributed by atoms with Gasteiger partial charge in [-0.1, -0.05) is 408 Å². The zero-order valence-corrected chi connectivity index (χ0v) is 81.2. The highest BCUT2D eigenvalue weighted by Gasteiger charge is 2.36.